The number of nitrogens with zero attached hydrogens (tertiary/aromatic N) is 2. The van der Waals surface area contributed by atoms with Gasteiger partial charge in [0, 0.05) is 18.8 Å². The second kappa shape index (κ2) is 8.13. The minimum atomic E-state index is 0.993. The van der Waals surface area contributed by atoms with Crippen LogP contribution in [0.3, 0.4) is 0 Å². The van der Waals surface area contributed by atoms with Crippen molar-refractivity contribution in [2.45, 2.75) is 19.8 Å². The van der Waals surface area contributed by atoms with Crippen molar-refractivity contribution in [1.29, 1.82) is 0 Å². The smallest absolute Gasteiger partial charge is 0.0366 e. The Balaban J connectivity index is 2.33. The standard InChI is InChI=1S/C15H25N2/c1-4-12-16(3)13-9-14-17(5-2)15-10-7-6-8-11-15/h6-8,10-11H,1,4-5,9,12-14H2,2-3H3. The second-order valence-electron chi connectivity index (χ2n) is 4.43. The highest BCUT2D eigenvalue weighted by Crippen LogP contribution is 2.12. The Morgan fingerprint density at radius 2 is 1.76 bits per heavy atom. The normalized spacial score (nSPS) is 10.8. The Hall–Kier alpha value is -1.02. The van der Waals surface area contributed by atoms with Crippen LogP contribution < -0.4 is 4.90 Å². The molecular weight excluding hydrogens is 208 g/mol. The number of anilines is 1. The minimum absolute atomic E-state index is 0.993. The van der Waals surface area contributed by atoms with Gasteiger partial charge < -0.3 is 9.80 Å². The first kappa shape index (κ1) is 14.0. The van der Waals surface area contributed by atoms with Gasteiger partial charge in [0.25, 0.3) is 0 Å². The zero-order valence-electron chi connectivity index (χ0n) is 11.2. The van der Waals surface area contributed by atoms with Crippen molar-refractivity contribution in [1.82, 2.24) is 4.90 Å². The van der Waals surface area contributed by atoms with Gasteiger partial charge in [0.05, 0.1) is 0 Å². The van der Waals surface area contributed by atoms with Crippen LogP contribution in [0.1, 0.15) is 19.8 Å². The Morgan fingerprint density at radius 1 is 1.06 bits per heavy atom. The lowest BCUT2D eigenvalue weighted by Crippen LogP contribution is -2.28. The van der Waals surface area contributed by atoms with Gasteiger partial charge >= 0.3 is 0 Å². The summed E-state index contributed by atoms with van der Waals surface area (Å²) in [5.74, 6) is 0. The average molecular weight is 233 g/mol. The van der Waals surface area contributed by atoms with Gasteiger partial charge in [-0.25, -0.2) is 0 Å². The van der Waals surface area contributed by atoms with Crippen molar-refractivity contribution in [2.24, 2.45) is 0 Å². The van der Waals surface area contributed by atoms with E-state index >= 15 is 0 Å². The van der Waals surface area contributed by atoms with Crippen molar-refractivity contribution in [3.63, 3.8) is 0 Å². The molecule has 2 nitrogen and oxygen atoms in total. The van der Waals surface area contributed by atoms with Crippen LogP contribution in [0.15, 0.2) is 30.3 Å². The lowest BCUT2D eigenvalue weighted by molar-refractivity contribution is 0.336. The summed E-state index contributed by atoms with van der Waals surface area (Å²) in [6.07, 6.45) is 2.20. The van der Waals surface area contributed by atoms with Gasteiger partial charge in [0.2, 0.25) is 0 Å². The van der Waals surface area contributed by atoms with Crippen LogP contribution >= 0.6 is 0 Å². The van der Waals surface area contributed by atoms with E-state index in [-0.39, 0.29) is 0 Å². The molecule has 0 spiro atoms. The molecule has 0 amide bonds. The molecule has 2 heteroatoms. The van der Waals surface area contributed by atoms with Crippen LogP contribution in [0.25, 0.3) is 0 Å². The highest BCUT2D eigenvalue weighted by Gasteiger charge is 2.03. The molecule has 1 rings (SSSR count). The third kappa shape index (κ3) is 5.22. The first-order valence-electron chi connectivity index (χ1n) is 6.55. The molecule has 0 bridgehead atoms. The number of para-hydroxylation sites is 1. The summed E-state index contributed by atoms with van der Waals surface area (Å²) < 4.78 is 0. The molecule has 0 saturated carbocycles. The Morgan fingerprint density at radius 3 is 2.35 bits per heavy atom. The lowest BCUT2D eigenvalue weighted by atomic mass is 10.2. The fourth-order valence-electron chi connectivity index (χ4n) is 2.02. The highest BCUT2D eigenvalue weighted by atomic mass is 15.1. The van der Waals surface area contributed by atoms with E-state index in [1.165, 1.54) is 12.1 Å². The molecule has 0 aliphatic rings. The monoisotopic (exact) mass is 233 g/mol. The quantitative estimate of drug-likeness (QED) is 0.681. The van der Waals surface area contributed by atoms with Gasteiger partial charge in [-0.05, 0) is 52.0 Å². The SMILES string of the molecule is [CH2]CCN(C)CCCN(CC)c1ccccc1. The van der Waals surface area contributed by atoms with E-state index in [0.29, 0.717) is 0 Å². The zero-order chi connectivity index (χ0) is 12.5. The van der Waals surface area contributed by atoms with Crippen molar-refractivity contribution in [3.05, 3.63) is 37.3 Å². The summed E-state index contributed by atoms with van der Waals surface area (Å²) in [6.45, 7) is 10.5. The molecule has 0 aliphatic carbocycles. The Bertz CT molecular complexity index is 284. The first-order valence-corrected chi connectivity index (χ1v) is 6.55. The molecular formula is C15H25N2. The van der Waals surface area contributed by atoms with Crippen LogP contribution in [0.4, 0.5) is 5.69 Å². The fraction of sp³-hybridized carbons (Fsp3) is 0.533. The predicted octanol–water partition coefficient (Wildman–Crippen LogP) is 3.06. The van der Waals surface area contributed by atoms with Gasteiger partial charge in [-0.2, -0.15) is 0 Å². The van der Waals surface area contributed by atoms with Crippen LogP contribution in [0.5, 0.6) is 0 Å². The van der Waals surface area contributed by atoms with Gasteiger partial charge in [-0.1, -0.05) is 25.1 Å². The maximum Gasteiger partial charge on any atom is 0.0366 e. The predicted molar refractivity (Wildman–Crippen MR) is 76.4 cm³/mol. The zero-order valence-corrected chi connectivity index (χ0v) is 11.2. The largest absolute Gasteiger partial charge is 0.372 e. The maximum absolute atomic E-state index is 3.88. The number of benzene rings is 1. The average Bonchev–Trinajstić information content (AvgIpc) is 2.36. The molecule has 95 valence electrons. The first-order chi connectivity index (χ1) is 8.27. The molecule has 0 aliphatic heterocycles. The lowest BCUT2D eigenvalue weighted by Gasteiger charge is -2.24. The Kier molecular flexibility index (Phi) is 6.71. The summed E-state index contributed by atoms with van der Waals surface area (Å²) in [5, 5.41) is 0. The highest BCUT2D eigenvalue weighted by molar-refractivity contribution is 5.45. The third-order valence-electron chi connectivity index (χ3n) is 3.01. The van der Waals surface area contributed by atoms with E-state index in [1.807, 2.05) is 0 Å². The van der Waals surface area contributed by atoms with Gasteiger partial charge in [0.1, 0.15) is 0 Å². The third-order valence-corrected chi connectivity index (χ3v) is 3.01. The summed E-state index contributed by atoms with van der Waals surface area (Å²) in [5.41, 5.74) is 1.33. The van der Waals surface area contributed by atoms with Crippen LogP contribution in [0, 0.1) is 6.92 Å². The maximum atomic E-state index is 3.88. The van der Waals surface area contributed by atoms with Gasteiger partial charge in [-0.15, -0.1) is 0 Å². The summed E-state index contributed by atoms with van der Waals surface area (Å²) in [4.78, 5) is 4.78. The van der Waals surface area contributed by atoms with Crippen LogP contribution in [-0.2, 0) is 0 Å². The van der Waals surface area contributed by atoms with Crippen molar-refractivity contribution < 1.29 is 0 Å². The van der Waals surface area contributed by atoms with E-state index in [2.05, 4.69) is 61.0 Å². The van der Waals surface area contributed by atoms with E-state index in [4.69, 9.17) is 0 Å². The van der Waals surface area contributed by atoms with Gasteiger partial charge in [-0.3, -0.25) is 0 Å². The van der Waals surface area contributed by atoms with Crippen LogP contribution in [0.2, 0.25) is 0 Å². The van der Waals surface area contributed by atoms with E-state index in [0.717, 1.165) is 32.6 Å². The molecule has 0 aromatic heterocycles. The minimum Gasteiger partial charge on any atom is -0.372 e. The Labute approximate surface area is 106 Å². The molecule has 1 radical (unpaired) electrons. The van der Waals surface area contributed by atoms with E-state index < -0.39 is 0 Å². The molecule has 17 heavy (non-hydrogen) atoms. The van der Waals surface area contributed by atoms with E-state index in [9.17, 15) is 0 Å². The van der Waals surface area contributed by atoms with Crippen molar-refractivity contribution in [2.75, 3.05) is 38.1 Å². The molecule has 0 atom stereocenters. The van der Waals surface area contributed by atoms with Crippen molar-refractivity contribution in [3.8, 4) is 0 Å². The molecule has 0 N–H and O–H groups in total. The molecule has 1 aromatic rings. The molecule has 1 aromatic carbocycles. The number of hydrogen-bond acceptors (Lipinski definition) is 2. The topological polar surface area (TPSA) is 6.48 Å². The molecule has 0 heterocycles. The summed E-state index contributed by atoms with van der Waals surface area (Å²) in [6, 6.07) is 10.6. The van der Waals surface area contributed by atoms with Gasteiger partial charge in [0.15, 0.2) is 0 Å². The fourth-order valence-corrected chi connectivity index (χ4v) is 2.02. The number of hydrogen-bond donors (Lipinski definition) is 0. The molecule has 0 fully saturated rings. The van der Waals surface area contributed by atoms with E-state index in [1.54, 1.807) is 0 Å². The number of rotatable bonds is 8. The molecule has 0 saturated heterocycles. The molecule has 0 unspecified atom stereocenters. The summed E-state index contributed by atoms with van der Waals surface area (Å²) in [7, 11) is 2.17. The second-order valence-corrected chi connectivity index (χ2v) is 4.43. The summed E-state index contributed by atoms with van der Waals surface area (Å²) >= 11 is 0. The van der Waals surface area contributed by atoms with Crippen LogP contribution in [-0.4, -0.2) is 38.1 Å². The van der Waals surface area contributed by atoms with Crippen molar-refractivity contribution >= 4 is 5.69 Å².